The van der Waals surface area contributed by atoms with Crippen molar-refractivity contribution in [1.29, 1.82) is 0 Å². The molecule has 2 aromatic carbocycles. The van der Waals surface area contributed by atoms with Crippen molar-refractivity contribution >= 4 is 34.5 Å². The Kier molecular flexibility index (Phi) is 6.47. The molecule has 0 aliphatic rings. The maximum absolute atomic E-state index is 12.6. The lowest BCUT2D eigenvalue weighted by atomic mass is 10.00. The summed E-state index contributed by atoms with van der Waals surface area (Å²) in [5.41, 5.74) is 2.52. The Balaban J connectivity index is 2.34. The van der Waals surface area contributed by atoms with Crippen LogP contribution in [-0.2, 0) is 0 Å². The molecule has 0 saturated carbocycles. The van der Waals surface area contributed by atoms with E-state index in [0.29, 0.717) is 17.9 Å². The first-order chi connectivity index (χ1) is 11.9. The molecule has 0 bridgehead atoms. The molecule has 0 aliphatic carbocycles. The van der Waals surface area contributed by atoms with Gasteiger partial charge in [0.15, 0.2) is 5.78 Å². The van der Waals surface area contributed by atoms with E-state index in [1.54, 1.807) is 19.1 Å². The van der Waals surface area contributed by atoms with Gasteiger partial charge in [0.2, 0.25) is 0 Å². The second-order valence-electron chi connectivity index (χ2n) is 5.59. The predicted octanol–water partition coefficient (Wildman–Crippen LogP) is 4.92. The number of carbonyl (C=O) groups is 1. The van der Waals surface area contributed by atoms with Crippen LogP contribution in [-0.4, -0.2) is 24.6 Å². The minimum Gasteiger partial charge on any atom is -0.507 e. The number of rotatable bonds is 6. The van der Waals surface area contributed by atoms with Crippen LogP contribution in [0.2, 0.25) is 0 Å². The quantitative estimate of drug-likeness (QED) is 0.384. The summed E-state index contributed by atoms with van der Waals surface area (Å²) in [5, 5.41) is 10.3. The third kappa shape index (κ3) is 4.34. The van der Waals surface area contributed by atoms with E-state index in [1.807, 2.05) is 32.0 Å². The number of allylic oxidation sites excluding steroid dienone is 1. The van der Waals surface area contributed by atoms with Crippen LogP contribution in [0.3, 0.4) is 0 Å². The van der Waals surface area contributed by atoms with Gasteiger partial charge in [0.25, 0.3) is 0 Å². The Morgan fingerprint density at radius 3 is 2.56 bits per heavy atom. The minimum atomic E-state index is -0.301. The normalized spacial score (nSPS) is 10.9. The molecule has 0 saturated heterocycles. The number of ether oxygens (including phenoxy) is 2. The maximum Gasteiger partial charge on any atom is 0.193 e. The van der Waals surface area contributed by atoms with E-state index in [0.717, 1.165) is 20.4 Å². The molecule has 0 unspecified atom stereocenters. The van der Waals surface area contributed by atoms with E-state index in [4.69, 9.17) is 9.47 Å². The zero-order valence-electron chi connectivity index (χ0n) is 14.7. The smallest absolute Gasteiger partial charge is 0.193 e. The molecular weight excluding hydrogens is 431 g/mol. The van der Waals surface area contributed by atoms with E-state index in [-0.39, 0.29) is 17.1 Å². The summed E-state index contributed by atoms with van der Waals surface area (Å²) in [4.78, 5) is 12.6. The zero-order chi connectivity index (χ0) is 18.6. The summed E-state index contributed by atoms with van der Waals surface area (Å²) < 4.78 is 11.8. The Morgan fingerprint density at radius 1 is 1.24 bits per heavy atom. The van der Waals surface area contributed by atoms with Crippen LogP contribution in [0.15, 0.2) is 30.3 Å². The Hall–Kier alpha value is -2.02. The fourth-order valence-corrected chi connectivity index (χ4v) is 3.30. The fraction of sp³-hybridized carbons (Fsp3) is 0.250. The Morgan fingerprint density at radius 2 is 1.96 bits per heavy atom. The van der Waals surface area contributed by atoms with Crippen molar-refractivity contribution in [1.82, 2.24) is 0 Å². The van der Waals surface area contributed by atoms with E-state index in [1.165, 1.54) is 13.2 Å². The lowest BCUT2D eigenvalue weighted by molar-refractivity contribution is 0.104. The first-order valence-corrected chi connectivity index (χ1v) is 8.98. The molecule has 2 rings (SSSR count). The summed E-state index contributed by atoms with van der Waals surface area (Å²) in [5.74, 6) is 0.877. The number of aryl methyl sites for hydroxylation is 2. The van der Waals surface area contributed by atoms with Crippen molar-refractivity contribution in [2.45, 2.75) is 20.8 Å². The van der Waals surface area contributed by atoms with Crippen molar-refractivity contribution in [3.8, 4) is 17.2 Å². The molecular formula is C20H21IO4. The average Bonchev–Trinajstić information content (AvgIpc) is 2.58. The molecule has 0 atom stereocenters. The van der Waals surface area contributed by atoms with Crippen LogP contribution in [0.5, 0.6) is 17.2 Å². The lowest BCUT2D eigenvalue weighted by Crippen LogP contribution is -2.03. The summed E-state index contributed by atoms with van der Waals surface area (Å²) in [6.07, 6.45) is 3.17. The van der Waals surface area contributed by atoms with Crippen molar-refractivity contribution in [2.75, 3.05) is 13.7 Å². The van der Waals surface area contributed by atoms with Gasteiger partial charge in [-0.1, -0.05) is 12.1 Å². The van der Waals surface area contributed by atoms with Crippen LogP contribution >= 0.6 is 22.6 Å². The highest BCUT2D eigenvalue weighted by molar-refractivity contribution is 14.1. The van der Waals surface area contributed by atoms with Gasteiger partial charge in [-0.05, 0) is 84.3 Å². The minimum absolute atomic E-state index is 0.0432. The van der Waals surface area contributed by atoms with Gasteiger partial charge in [-0.15, -0.1) is 0 Å². The lowest BCUT2D eigenvalue weighted by Gasteiger charge is -2.13. The highest BCUT2D eigenvalue weighted by atomic mass is 127. The molecule has 0 aromatic heterocycles. The highest BCUT2D eigenvalue weighted by Gasteiger charge is 2.19. The largest absolute Gasteiger partial charge is 0.507 e. The topological polar surface area (TPSA) is 55.8 Å². The van der Waals surface area contributed by atoms with Gasteiger partial charge in [-0.3, -0.25) is 4.79 Å². The van der Waals surface area contributed by atoms with Gasteiger partial charge >= 0.3 is 0 Å². The summed E-state index contributed by atoms with van der Waals surface area (Å²) >= 11 is 2.20. The third-order valence-corrected chi connectivity index (χ3v) is 4.61. The highest BCUT2D eigenvalue weighted by Crippen LogP contribution is 2.35. The molecule has 1 N–H and O–H groups in total. The van der Waals surface area contributed by atoms with E-state index in [2.05, 4.69) is 22.6 Å². The molecule has 5 heteroatoms. The monoisotopic (exact) mass is 452 g/mol. The van der Waals surface area contributed by atoms with Crippen LogP contribution in [0.4, 0.5) is 0 Å². The number of halogens is 1. The second kappa shape index (κ2) is 8.38. The number of ketones is 1. The molecule has 0 heterocycles. The molecule has 25 heavy (non-hydrogen) atoms. The average molecular weight is 452 g/mol. The van der Waals surface area contributed by atoms with E-state index >= 15 is 0 Å². The number of hydrogen-bond donors (Lipinski definition) is 1. The van der Waals surface area contributed by atoms with Crippen LogP contribution < -0.4 is 9.47 Å². The Labute approximate surface area is 161 Å². The number of aromatic hydroxyl groups is 1. The molecule has 4 nitrogen and oxygen atoms in total. The molecule has 2 aromatic rings. The van der Waals surface area contributed by atoms with Crippen LogP contribution in [0.25, 0.3) is 6.08 Å². The standard InChI is InChI=1S/C20H21IO4/c1-5-25-17-9-7-14(11-15(17)21)6-8-16(22)18-19(23)12(2)10-13(3)20(18)24-4/h6-11,23H,5H2,1-4H3/b8-6+. The number of phenolic OH excluding ortho intramolecular Hbond substituents is 1. The number of benzene rings is 2. The summed E-state index contributed by atoms with van der Waals surface area (Å²) in [7, 11) is 1.49. The van der Waals surface area contributed by atoms with Crippen molar-refractivity contribution in [2.24, 2.45) is 0 Å². The first-order valence-electron chi connectivity index (χ1n) is 7.91. The van der Waals surface area contributed by atoms with Gasteiger partial charge in [0.1, 0.15) is 22.8 Å². The number of methoxy groups -OCH3 is 1. The molecule has 0 radical (unpaired) electrons. The molecule has 0 amide bonds. The van der Waals surface area contributed by atoms with E-state index in [9.17, 15) is 9.90 Å². The predicted molar refractivity (Wildman–Crippen MR) is 108 cm³/mol. The van der Waals surface area contributed by atoms with Gasteiger partial charge in [0.05, 0.1) is 17.3 Å². The van der Waals surface area contributed by atoms with Crippen molar-refractivity contribution in [3.63, 3.8) is 0 Å². The second-order valence-corrected chi connectivity index (χ2v) is 6.75. The summed E-state index contributed by atoms with van der Waals surface area (Å²) in [6, 6.07) is 7.50. The van der Waals surface area contributed by atoms with Crippen LogP contribution in [0, 0.1) is 17.4 Å². The molecule has 0 aliphatic heterocycles. The van der Waals surface area contributed by atoms with Gasteiger partial charge in [-0.2, -0.15) is 0 Å². The van der Waals surface area contributed by atoms with Gasteiger partial charge < -0.3 is 14.6 Å². The van der Waals surface area contributed by atoms with Crippen molar-refractivity contribution < 1.29 is 19.4 Å². The fourth-order valence-electron chi connectivity index (χ4n) is 2.60. The number of phenols is 1. The number of hydrogen-bond acceptors (Lipinski definition) is 4. The summed E-state index contributed by atoms with van der Waals surface area (Å²) in [6.45, 7) is 6.15. The maximum atomic E-state index is 12.6. The Bertz CT molecular complexity index is 825. The third-order valence-electron chi connectivity index (χ3n) is 3.76. The first kappa shape index (κ1) is 19.3. The molecule has 132 valence electrons. The van der Waals surface area contributed by atoms with Gasteiger partial charge in [-0.25, -0.2) is 0 Å². The number of carbonyl (C=O) groups excluding carboxylic acids is 1. The van der Waals surface area contributed by atoms with Crippen LogP contribution in [0.1, 0.15) is 34.0 Å². The molecule has 0 fully saturated rings. The SMILES string of the molecule is CCOc1ccc(/C=C/C(=O)c2c(O)c(C)cc(C)c2OC)cc1I. The zero-order valence-corrected chi connectivity index (χ0v) is 16.9. The molecule has 0 spiro atoms. The van der Waals surface area contributed by atoms with Gasteiger partial charge in [0, 0.05) is 0 Å². The van der Waals surface area contributed by atoms with Crippen molar-refractivity contribution in [3.05, 3.63) is 56.2 Å². The van der Waals surface area contributed by atoms with E-state index < -0.39 is 0 Å².